The van der Waals surface area contributed by atoms with E-state index in [1.165, 1.54) is 57.8 Å². The van der Waals surface area contributed by atoms with Gasteiger partial charge in [0.25, 0.3) is 0 Å². The maximum atomic E-state index is 11.7. The summed E-state index contributed by atoms with van der Waals surface area (Å²) < 4.78 is 0. The molecule has 1 amide bonds. The molecule has 1 unspecified atom stereocenters. The number of carboxylic acid groups (broad SMARTS) is 1. The zero-order valence-corrected chi connectivity index (χ0v) is 15.6. The van der Waals surface area contributed by atoms with E-state index in [1.807, 2.05) is 0 Å². The van der Waals surface area contributed by atoms with Crippen LogP contribution in [0.15, 0.2) is 0 Å². The fourth-order valence-electron chi connectivity index (χ4n) is 2.60. The molecule has 0 rings (SSSR count). The average Bonchev–Trinajstić information content (AvgIpc) is 2.52. The van der Waals surface area contributed by atoms with E-state index in [2.05, 4.69) is 24.9 Å². The Labute approximate surface area is 147 Å². The molecule has 0 aliphatic carbocycles. The standard InChI is InChI=1S/C18H35NO3S/c1-2-3-4-5-6-7-8-9-10-11-12-13-17(20)19-16(14-15-23)18(21)22/h16,23H,2-15H2,1H3,(H,19,20)(H,21,22). The molecule has 0 aliphatic rings. The van der Waals surface area contributed by atoms with Gasteiger partial charge in [-0.1, -0.05) is 71.1 Å². The van der Waals surface area contributed by atoms with E-state index < -0.39 is 12.0 Å². The van der Waals surface area contributed by atoms with Crippen molar-refractivity contribution in [2.45, 2.75) is 96.4 Å². The first-order valence-electron chi connectivity index (χ1n) is 9.24. The summed E-state index contributed by atoms with van der Waals surface area (Å²) in [6, 6.07) is -0.798. The number of hydrogen-bond donors (Lipinski definition) is 3. The van der Waals surface area contributed by atoms with Gasteiger partial charge in [-0.15, -0.1) is 0 Å². The predicted octanol–water partition coefficient (Wildman–Crippen LogP) is 4.58. The molecule has 5 heteroatoms. The first-order valence-corrected chi connectivity index (χ1v) is 9.88. The highest BCUT2D eigenvalue weighted by molar-refractivity contribution is 7.80. The topological polar surface area (TPSA) is 66.4 Å². The number of rotatable bonds is 16. The Morgan fingerprint density at radius 3 is 1.83 bits per heavy atom. The fraction of sp³-hybridized carbons (Fsp3) is 0.889. The summed E-state index contributed by atoms with van der Waals surface area (Å²) in [5, 5.41) is 11.5. The van der Waals surface area contributed by atoms with Crippen molar-refractivity contribution in [1.82, 2.24) is 5.32 Å². The van der Waals surface area contributed by atoms with E-state index in [0.717, 1.165) is 12.8 Å². The second kappa shape index (κ2) is 16.2. The van der Waals surface area contributed by atoms with Gasteiger partial charge in [-0.05, 0) is 18.6 Å². The minimum atomic E-state index is -0.980. The minimum absolute atomic E-state index is 0.157. The normalized spacial score (nSPS) is 12.1. The van der Waals surface area contributed by atoms with Crippen molar-refractivity contribution in [3.8, 4) is 0 Å². The summed E-state index contributed by atoms with van der Waals surface area (Å²) in [4.78, 5) is 22.6. The number of thiol groups is 1. The van der Waals surface area contributed by atoms with Crippen molar-refractivity contribution in [2.24, 2.45) is 0 Å². The van der Waals surface area contributed by atoms with Gasteiger partial charge < -0.3 is 10.4 Å². The van der Waals surface area contributed by atoms with Gasteiger partial charge in [0.2, 0.25) is 5.91 Å². The highest BCUT2D eigenvalue weighted by Crippen LogP contribution is 2.12. The molecule has 0 aliphatic heterocycles. The van der Waals surface area contributed by atoms with Crippen LogP contribution in [0.4, 0.5) is 0 Å². The van der Waals surface area contributed by atoms with Crippen molar-refractivity contribution in [1.29, 1.82) is 0 Å². The predicted molar refractivity (Wildman–Crippen MR) is 99.1 cm³/mol. The van der Waals surface area contributed by atoms with Crippen LogP contribution >= 0.6 is 12.6 Å². The molecule has 136 valence electrons. The van der Waals surface area contributed by atoms with Gasteiger partial charge in [-0.3, -0.25) is 4.79 Å². The van der Waals surface area contributed by atoms with Crippen molar-refractivity contribution >= 4 is 24.5 Å². The SMILES string of the molecule is CCCCCCCCCCCCCC(=O)NC(CCS)C(=O)O. The molecule has 0 bridgehead atoms. The van der Waals surface area contributed by atoms with Crippen LogP contribution in [0.1, 0.15) is 90.4 Å². The summed E-state index contributed by atoms with van der Waals surface area (Å²) in [5.41, 5.74) is 0. The largest absolute Gasteiger partial charge is 0.480 e. The molecule has 0 aromatic carbocycles. The first kappa shape index (κ1) is 22.3. The van der Waals surface area contributed by atoms with Crippen LogP contribution in [0.5, 0.6) is 0 Å². The van der Waals surface area contributed by atoms with E-state index in [-0.39, 0.29) is 5.91 Å². The Kier molecular flexibility index (Phi) is 15.7. The molecular formula is C18H35NO3S. The second-order valence-electron chi connectivity index (χ2n) is 6.26. The number of amides is 1. The third-order valence-electron chi connectivity index (χ3n) is 4.06. The summed E-state index contributed by atoms with van der Waals surface area (Å²) >= 11 is 4.01. The molecule has 1 atom stereocenters. The van der Waals surface area contributed by atoms with Crippen LogP contribution in [0.2, 0.25) is 0 Å². The van der Waals surface area contributed by atoms with Crippen molar-refractivity contribution in [2.75, 3.05) is 5.75 Å². The van der Waals surface area contributed by atoms with Gasteiger partial charge in [0, 0.05) is 6.42 Å². The second-order valence-corrected chi connectivity index (χ2v) is 6.70. The monoisotopic (exact) mass is 345 g/mol. The minimum Gasteiger partial charge on any atom is -0.480 e. The zero-order chi connectivity index (χ0) is 17.3. The Balaban J connectivity index is 3.43. The zero-order valence-electron chi connectivity index (χ0n) is 14.7. The lowest BCUT2D eigenvalue weighted by Crippen LogP contribution is -2.40. The number of carboxylic acids is 1. The third kappa shape index (κ3) is 14.6. The van der Waals surface area contributed by atoms with Crippen molar-refractivity contribution in [3.63, 3.8) is 0 Å². The van der Waals surface area contributed by atoms with Crippen LogP contribution in [-0.2, 0) is 9.59 Å². The molecule has 0 saturated carbocycles. The lowest BCUT2D eigenvalue weighted by atomic mass is 10.1. The highest BCUT2D eigenvalue weighted by atomic mass is 32.1. The Hall–Kier alpha value is -0.710. The van der Waals surface area contributed by atoms with Gasteiger partial charge in [0.15, 0.2) is 0 Å². The van der Waals surface area contributed by atoms with Gasteiger partial charge in [0.05, 0.1) is 0 Å². The number of unbranched alkanes of at least 4 members (excludes halogenated alkanes) is 10. The molecule has 0 saturated heterocycles. The number of carbonyl (C=O) groups is 2. The van der Waals surface area contributed by atoms with E-state index in [4.69, 9.17) is 5.11 Å². The number of aliphatic carboxylic acids is 1. The van der Waals surface area contributed by atoms with Gasteiger partial charge in [-0.2, -0.15) is 12.6 Å². The summed E-state index contributed by atoms with van der Waals surface area (Å²) in [6.45, 7) is 2.24. The number of hydrogen-bond acceptors (Lipinski definition) is 3. The molecular weight excluding hydrogens is 310 g/mol. The van der Waals surface area contributed by atoms with E-state index in [0.29, 0.717) is 18.6 Å². The molecule has 2 N–H and O–H groups in total. The van der Waals surface area contributed by atoms with Gasteiger partial charge in [-0.25, -0.2) is 4.79 Å². The fourth-order valence-corrected chi connectivity index (χ4v) is 2.86. The lowest BCUT2D eigenvalue weighted by molar-refractivity contribution is -0.141. The van der Waals surface area contributed by atoms with Crippen LogP contribution < -0.4 is 5.32 Å². The summed E-state index contributed by atoms with van der Waals surface area (Å²) in [6.07, 6.45) is 14.5. The molecule has 0 aromatic heterocycles. The van der Waals surface area contributed by atoms with E-state index in [1.54, 1.807) is 0 Å². The smallest absolute Gasteiger partial charge is 0.326 e. The highest BCUT2D eigenvalue weighted by Gasteiger charge is 2.18. The molecule has 0 spiro atoms. The quantitative estimate of drug-likeness (QED) is 0.283. The van der Waals surface area contributed by atoms with Crippen LogP contribution in [0.25, 0.3) is 0 Å². The average molecular weight is 346 g/mol. The Morgan fingerprint density at radius 1 is 0.913 bits per heavy atom. The molecule has 0 fully saturated rings. The molecule has 0 heterocycles. The van der Waals surface area contributed by atoms with E-state index >= 15 is 0 Å². The first-order chi connectivity index (χ1) is 11.1. The molecule has 0 aromatic rings. The summed E-state index contributed by atoms with van der Waals surface area (Å²) in [5.74, 6) is -0.683. The maximum absolute atomic E-state index is 11.7. The van der Waals surface area contributed by atoms with Crippen LogP contribution in [-0.4, -0.2) is 28.8 Å². The maximum Gasteiger partial charge on any atom is 0.326 e. The van der Waals surface area contributed by atoms with Crippen LogP contribution in [0.3, 0.4) is 0 Å². The molecule has 23 heavy (non-hydrogen) atoms. The van der Waals surface area contributed by atoms with Crippen LogP contribution in [0, 0.1) is 0 Å². The van der Waals surface area contributed by atoms with Gasteiger partial charge >= 0.3 is 5.97 Å². The van der Waals surface area contributed by atoms with Gasteiger partial charge in [0.1, 0.15) is 6.04 Å². The number of carbonyl (C=O) groups excluding carboxylic acids is 1. The van der Waals surface area contributed by atoms with E-state index in [9.17, 15) is 9.59 Å². The molecule has 4 nitrogen and oxygen atoms in total. The molecule has 0 radical (unpaired) electrons. The van der Waals surface area contributed by atoms with Crippen molar-refractivity contribution < 1.29 is 14.7 Å². The Morgan fingerprint density at radius 2 is 1.39 bits per heavy atom. The number of nitrogens with one attached hydrogen (secondary N) is 1. The Bertz CT molecular complexity index is 311. The lowest BCUT2D eigenvalue weighted by Gasteiger charge is -2.13. The summed E-state index contributed by atoms with van der Waals surface area (Å²) in [7, 11) is 0. The third-order valence-corrected chi connectivity index (χ3v) is 4.32. The van der Waals surface area contributed by atoms with Crippen molar-refractivity contribution in [3.05, 3.63) is 0 Å².